The summed E-state index contributed by atoms with van der Waals surface area (Å²) in [5.41, 5.74) is 0. The number of carboxylic acids is 1. The van der Waals surface area contributed by atoms with Crippen LogP contribution in [0.15, 0.2) is 0 Å². The van der Waals surface area contributed by atoms with Crippen molar-refractivity contribution in [2.75, 3.05) is 20.3 Å². The Kier molecular flexibility index (Phi) is 6.78. The van der Waals surface area contributed by atoms with Gasteiger partial charge in [-0.3, -0.25) is 4.79 Å². The monoisotopic (exact) mass is 286 g/mol. The zero-order chi connectivity index (χ0) is 15.1. The van der Waals surface area contributed by atoms with Gasteiger partial charge in [-0.05, 0) is 25.2 Å². The van der Waals surface area contributed by atoms with Gasteiger partial charge in [-0.1, -0.05) is 13.8 Å². The lowest BCUT2D eigenvalue weighted by molar-refractivity contribution is -0.138. The molecular weight excluding hydrogens is 260 g/mol. The molecule has 2 atom stereocenters. The molecule has 2 amide bonds. The molecule has 0 spiro atoms. The van der Waals surface area contributed by atoms with Crippen molar-refractivity contribution in [2.24, 2.45) is 5.92 Å². The number of likely N-dealkylation sites (tertiary alicyclic amines) is 1. The summed E-state index contributed by atoms with van der Waals surface area (Å²) in [6, 6.07) is -0.428. The van der Waals surface area contributed by atoms with Gasteiger partial charge in [-0.2, -0.15) is 0 Å². The Labute approximate surface area is 120 Å². The van der Waals surface area contributed by atoms with E-state index in [1.54, 1.807) is 12.0 Å². The van der Waals surface area contributed by atoms with Crippen LogP contribution in [0.5, 0.6) is 0 Å². The van der Waals surface area contributed by atoms with E-state index in [0.717, 1.165) is 19.3 Å². The quantitative estimate of drug-likeness (QED) is 0.779. The standard InChI is InChI=1S/C14H26N2O4/c1-10(2)12(9-20-3)15-14(19)16-7-5-4-6-11(16)8-13(17)18/h10-12H,4-9H2,1-3H3,(H,15,19)(H,17,18). The lowest BCUT2D eigenvalue weighted by atomic mass is 9.99. The third kappa shape index (κ3) is 5.00. The summed E-state index contributed by atoms with van der Waals surface area (Å²) in [6.45, 7) is 5.13. The first-order chi connectivity index (χ1) is 9.45. The molecular formula is C14H26N2O4. The maximum Gasteiger partial charge on any atom is 0.317 e. The number of carboxylic acid groups (broad SMARTS) is 1. The molecule has 0 radical (unpaired) electrons. The number of methoxy groups -OCH3 is 1. The number of ether oxygens (including phenoxy) is 1. The van der Waals surface area contributed by atoms with E-state index in [2.05, 4.69) is 5.32 Å². The van der Waals surface area contributed by atoms with Gasteiger partial charge in [0.05, 0.1) is 19.1 Å². The first-order valence-electron chi connectivity index (χ1n) is 7.23. The maximum atomic E-state index is 12.3. The van der Waals surface area contributed by atoms with Crippen LogP contribution < -0.4 is 5.32 Å². The van der Waals surface area contributed by atoms with Gasteiger partial charge in [0, 0.05) is 19.7 Å². The highest BCUT2D eigenvalue weighted by Crippen LogP contribution is 2.20. The van der Waals surface area contributed by atoms with Crippen LogP contribution >= 0.6 is 0 Å². The zero-order valence-corrected chi connectivity index (χ0v) is 12.6. The predicted molar refractivity (Wildman–Crippen MR) is 75.6 cm³/mol. The minimum atomic E-state index is -0.855. The molecule has 2 unspecified atom stereocenters. The first-order valence-corrected chi connectivity index (χ1v) is 7.23. The largest absolute Gasteiger partial charge is 0.481 e. The van der Waals surface area contributed by atoms with Crippen molar-refractivity contribution in [3.8, 4) is 0 Å². The molecule has 1 fully saturated rings. The lowest BCUT2D eigenvalue weighted by Gasteiger charge is -2.36. The van der Waals surface area contributed by atoms with Crippen LogP contribution in [0.3, 0.4) is 0 Å². The lowest BCUT2D eigenvalue weighted by Crippen LogP contribution is -2.53. The van der Waals surface area contributed by atoms with Crippen molar-refractivity contribution in [3.05, 3.63) is 0 Å². The summed E-state index contributed by atoms with van der Waals surface area (Å²) in [5.74, 6) is -0.589. The van der Waals surface area contributed by atoms with Crippen molar-refractivity contribution in [3.63, 3.8) is 0 Å². The third-order valence-corrected chi connectivity index (χ3v) is 3.76. The van der Waals surface area contributed by atoms with Crippen LogP contribution in [0.1, 0.15) is 39.5 Å². The van der Waals surface area contributed by atoms with Gasteiger partial charge in [-0.25, -0.2) is 4.79 Å². The number of carbonyl (C=O) groups is 2. The van der Waals surface area contributed by atoms with Crippen molar-refractivity contribution in [2.45, 2.75) is 51.6 Å². The predicted octanol–water partition coefficient (Wildman–Crippen LogP) is 1.70. The number of piperidine rings is 1. The van der Waals surface area contributed by atoms with E-state index in [4.69, 9.17) is 9.84 Å². The molecule has 6 heteroatoms. The fraction of sp³-hybridized carbons (Fsp3) is 0.857. The van der Waals surface area contributed by atoms with Crippen molar-refractivity contribution < 1.29 is 19.4 Å². The van der Waals surface area contributed by atoms with Crippen LogP contribution in [-0.4, -0.2) is 54.4 Å². The normalized spacial score (nSPS) is 20.8. The number of nitrogens with zero attached hydrogens (tertiary/aromatic N) is 1. The van der Waals surface area contributed by atoms with Gasteiger partial charge in [0.15, 0.2) is 0 Å². The van der Waals surface area contributed by atoms with Gasteiger partial charge in [0.25, 0.3) is 0 Å². The van der Waals surface area contributed by atoms with Crippen LogP contribution in [0, 0.1) is 5.92 Å². The van der Waals surface area contributed by atoms with Gasteiger partial charge in [0.1, 0.15) is 0 Å². The fourth-order valence-electron chi connectivity index (χ4n) is 2.50. The highest BCUT2D eigenvalue weighted by Gasteiger charge is 2.30. The van der Waals surface area contributed by atoms with Crippen LogP contribution in [-0.2, 0) is 9.53 Å². The zero-order valence-electron chi connectivity index (χ0n) is 12.6. The van der Waals surface area contributed by atoms with Crippen molar-refractivity contribution in [1.29, 1.82) is 0 Å². The molecule has 1 heterocycles. The van der Waals surface area contributed by atoms with E-state index < -0.39 is 5.97 Å². The van der Waals surface area contributed by atoms with Gasteiger partial charge >= 0.3 is 12.0 Å². The number of amides is 2. The Morgan fingerprint density at radius 1 is 1.40 bits per heavy atom. The number of carbonyl (C=O) groups excluding carboxylic acids is 1. The number of rotatable bonds is 6. The average Bonchev–Trinajstić information content (AvgIpc) is 2.37. The topological polar surface area (TPSA) is 78.9 Å². The summed E-state index contributed by atoms with van der Waals surface area (Å²) in [7, 11) is 1.61. The van der Waals surface area contributed by atoms with E-state index in [0.29, 0.717) is 13.2 Å². The molecule has 0 aliphatic carbocycles. The minimum Gasteiger partial charge on any atom is -0.481 e. The molecule has 1 aliphatic rings. The van der Waals surface area contributed by atoms with Crippen molar-refractivity contribution >= 4 is 12.0 Å². The SMILES string of the molecule is COCC(NC(=O)N1CCCCC1CC(=O)O)C(C)C. The fourth-order valence-corrected chi connectivity index (χ4v) is 2.50. The molecule has 20 heavy (non-hydrogen) atoms. The molecule has 0 saturated carbocycles. The number of nitrogens with one attached hydrogen (secondary N) is 1. The Morgan fingerprint density at radius 3 is 2.65 bits per heavy atom. The molecule has 0 bridgehead atoms. The second kappa shape index (κ2) is 8.09. The molecule has 0 aromatic rings. The third-order valence-electron chi connectivity index (χ3n) is 3.76. The van der Waals surface area contributed by atoms with Crippen LogP contribution in [0.4, 0.5) is 4.79 Å². The molecule has 116 valence electrons. The number of urea groups is 1. The van der Waals surface area contributed by atoms with Crippen LogP contribution in [0.2, 0.25) is 0 Å². The minimum absolute atomic E-state index is 0.0179. The van der Waals surface area contributed by atoms with Gasteiger partial charge in [0.2, 0.25) is 0 Å². The molecule has 0 aromatic carbocycles. The Balaban J connectivity index is 2.64. The Hall–Kier alpha value is -1.30. The van der Waals surface area contributed by atoms with Gasteiger partial charge < -0.3 is 20.1 Å². The van der Waals surface area contributed by atoms with E-state index in [-0.39, 0.29) is 30.5 Å². The van der Waals surface area contributed by atoms with E-state index in [1.165, 1.54) is 0 Å². The molecule has 1 aliphatic heterocycles. The van der Waals surface area contributed by atoms with Crippen LogP contribution in [0.25, 0.3) is 0 Å². The van der Waals surface area contributed by atoms with E-state index in [9.17, 15) is 9.59 Å². The molecule has 0 aromatic heterocycles. The maximum absolute atomic E-state index is 12.3. The highest BCUT2D eigenvalue weighted by atomic mass is 16.5. The smallest absolute Gasteiger partial charge is 0.317 e. The first kappa shape index (κ1) is 16.8. The Morgan fingerprint density at radius 2 is 2.10 bits per heavy atom. The number of hydrogen-bond acceptors (Lipinski definition) is 3. The molecule has 1 saturated heterocycles. The van der Waals surface area contributed by atoms with Gasteiger partial charge in [-0.15, -0.1) is 0 Å². The second-order valence-corrected chi connectivity index (χ2v) is 5.70. The van der Waals surface area contributed by atoms with E-state index >= 15 is 0 Å². The summed E-state index contributed by atoms with van der Waals surface area (Å²) in [4.78, 5) is 24.9. The molecule has 2 N–H and O–H groups in total. The number of aliphatic carboxylic acids is 1. The Bertz CT molecular complexity index is 333. The second-order valence-electron chi connectivity index (χ2n) is 5.70. The summed E-state index contributed by atoms with van der Waals surface area (Å²) in [5, 5.41) is 11.9. The average molecular weight is 286 g/mol. The summed E-state index contributed by atoms with van der Waals surface area (Å²) < 4.78 is 5.12. The summed E-state index contributed by atoms with van der Waals surface area (Å²) in [6.07, 6.45) is 2.69. The van der Waals surface area contributed by atoms with Crippen molar-refractivity contribution in [1.82, 2.24) is 10.2 Å². The molecule has 1 rings (SSSR count). The summed E-state index contributed by atoms with van der Waals surface area (Å²) >= 11 is 0. The number of hydrogen-bond donors (Lipinski definition) is 2. The van der Waals surface area contributed by atoms with E-state index in [1.807, 2.05) is 13.8 Å². The molecule has 6 nitrogen and oxygen atoms in total. The highest BCUT2D eigenvalue weighted by molar-refractivity contribution is 5.76.